The molecule has 0 heterocycles. The third-order valence-electron chi connectivity index (χ3n) is 2.84. The van der Waals surface area contributed by atoms with Crippen molar-refractivity contribution < 1.29 is 14.6 Å². The maximum absolute atomic E-state index is 11.7. The summed E-state index contributed by atoms with van der Waals surface area (Å²) in [4.78, 5) is 11.7. The lowest BCUT2D eigenvalue weighted by atomic mass is 10.1. The number of aliphatic hydroxyl groups is 1. The lowest BCUT2D eigenvalue weighted by Gasteiger charge is -2.12. The van der Waals surface area contributed by atoms with Gasteiger partial charge in [0.1, 0.15) is 5.75 Å². The van der Waals surface area contributed by atoms with Crippen LogP contribution in [0.25, 0.3) is 0 Å². The van der Waals surface area contributed by atoms with Crippen molar-refractivity contribution >= 4 is 21.8 Å². The maximum Gasteiger partial charge on any atom is 0.258 e. The Morgan fingerprint density at radius 2 is 1.95 bits per heavy atom. The minimum atomic E-state index is -0.721. The van der Waals surface area contributed by atoms with Crippen LogP contribution in [0.3, 0.4) is 0 Å². The highest BCUT2D eigenvalue weighted by Crippen LogP contribution is 2.17. The van der Waals surface area contributed by atoms with Crippen LogP contribution in [0.2, 0.25) is 0 Å². The van der Waals surface area contributed by atoms with Gasteiger partial charge >= 0.3 is 0 Å². The molecule has 1 unspecified atom stereocenters. The van der Waals surface area contributed by atoms with Crippen molar-refractivity contribution in [1.82, 2.24) is 5.32 Å². The Bertz CT molecular complexity index is 589. The molecule has 0 fully saturated rings. The normalized spacial score (nSPS) is 11.7. The van der Waals surface area contributed by atoms with Crippen molar-refractivity contribution in [3.63, 3.8) is 0 Å². The van der Waals surface area contributed by atoms with Gasteiger partial charge in [-0.25, -0.2) is 0 Å². The molecule has 0 aliphatic heterocycles. The maximum atomic E-state index is 11.7. The highest BCUT2D eigenvalue weighted by Gasteiger charge is 2.09. The van der Waals surface area contributed by atoms with Crippen LogP contribution in [0.4, 0.5) is 0 Å². The van der Waals surface area contributed by atoms with Crippen molar-refractivity contribution in [1.29, 1.82) is 0 Å². The Labute approximate surface area is 131 Å². The van der Waals surface area contributed by atoms with Crippen molar-refractivity contribution in [3.05, 3.63) is 64.6 Å². The summed E-state index contributed by atoms with van der Waals surface area (Å²) in [6.45, 7) is 0.0721. The molecule has 1 atom stereocenters. The molecular formula is C16H16BrNO3. The first-order valence-corrected chi connectivity index (χ1v) is 7.32. The third-order valence-corrected chi connectivity index (χ3v) is 3.34. The van der Waals surface area contributed by atoms with Crippen molar-refractivity contribution in [2.45, 2.75) is 6.10 Å². The highest BCUT2D eigenvalue weighted by molar-refractivity contribution is 9.10. The summed E-state index contributed by atoms with van der Waals surface area (Å²) in [5.41, 5.74) is 0.769. The predicted octanol–water partition coefficient (Wildman–Crippen LogP) is 2.68. The molecule has 0 aromatic heterocycles. The van der Waals surface area contributed by atoms with Gasteiger partial charge in [0.05, 0.1) is 6.10 Å². The first-order chi connectivity index (χ1) is 10.1. The highest BCUT2D eigenvalue weighted by atomic mass is 79.9. The first-order valence-electron chi connectivity index (χ1n) is 6.53. The number of ether oxygens (including phenoxy) is 1. The molecule has 0 saturated carbocycles. The zero-order chi connectivity index (χ0) is 15.1. The summed E-state index contributed by atoms with van der Waals surface area (Å²) >= 11 is 3.33. The second-order valence-electron chi connectivity index (χ2n) is 4.48. The lowest BCUT2D eigenvalue weighted by molar-refractivity contribution is -0.123. The molecule has 0 spiro atoms. The van der Waals surface area contributed by atoms with Crippen molar-refractivity contribution in [2.75, 3.05) is 13.2 Å². The van der Waals surface area contributed by atoms with E-state index >= 15 is 0 Å². The zero-order valence-electron chi connectivity index (χ0n) is 11.3. The molecule has 0 aliphatic rings. The van der Waals surface area contributed by atoms with E-state index in [-0.39, 0.29) is 19.1 Å². The first kappa shape index (κ1) is 15.5. The van der Waals surface area contributed by atoms with Gasteiger partial charge in [-0.3, -0.25) is 4.79 Å². The second-order valence-corrected chi connectivity index (χ2v) is 5.39. The average Bonchev–Trinajstić information content (AvgIpc) is 2.51. The van der Waals surface area contributed by atoms with E-state index in [0.717, 1.165) is 10.0 Å². The van der Waals surface area contributed by atoms with Crippen LogP contribution in [0.15, 0.2) is 59.1 Å². The second kappa shape index (κ2) is 7.81. The summed E-state index contributed by atoms with van der Waals surface area (Å²) < 4.78 is 6.25. The zero-order valence-corrected chi connectivity index (χ0v) is 12.9. The quantitative estimate of drug-likeness (QED) is 0.842. The minimum absolute atomic E-state index is 0.0854. The number of hydrogen-bond donors (Lipinski definition) is 2. The Kier molecular flexibility index (Phi) is 5.78. The van der Waals surface area contributed by atoms with Gasteiger partial charge in [0, 0.05) is 11.0 Å². The topological polar surface area (TPSA) is 58.6 Å². The smallest absolute Gasteiger partial charge is 0.258 e. The number of halogens is 1. The summed E-state index contributed by atoms with van der Waals surface area (Å²) in [7, 11) is 0. The van der Waals surface area contributed by atoms with E-state index in [1.165, 1.54) is 0 Å². The molecule has 2 aromatic rings. The van der Waals surface area contributed by atoms with E-state index in [1.54, 1.807) is 12.1 Å². The van der Waals surface area contributed by atoms with Gasteiger partial charge in [-0.15, -0.1) is 0 Å². The molecular weight excluding hydrogens is 334 g/mol. The van der Waals surface area contributed by atoms with Gasteiger partial charge in [0.2, 0.25) is 0 Å². The van der Waals surface area contributed by atoms with Crippen LogP contribution in [0.1, 0.15) is 11.7 Å². The van der Waals surface area contributed by atoms with E-state index < -0.39 is 6.10 Å². The van der Waals surface area contributed by atoms with Crippen LogP contribution in [-0.2, 0) is 4.79 Å². The Morgan fingerprint density at radius 1 is 1.19 bits per heavy atom. The van der Waals surface area contributed by atoms with Gasteiger partial charge < -0.3 is 15.2 Å². The summed E-state index contributed by atoms with van der Waals surface area (Å²) in [5.74, 6) is 0.341. The molecule has 2 rings (SSSR count). The predicted molar refractivity (Wildman–Crippen MR) is 84.0 cm³/mol. The van der Waals surface area contributed by atoms with Crippen LogP contribution in [0, 0.1) is 0 Å². The largest absolute Gasteiger partial charge is 0.484 e. The molecule has 110 valence electrons. The van der Waals surface area contributed by atoms with E-state index in [1.807, 2.05) is 42.5 Å². The molecule has 1 amide bonds. The van der Waals surface area contributed by atoms with Gasteiger partial charge in [0.15, 0.2) is 6.61 Å². The molecule has 21 heavy (non-hydrogen) atoms. The molecule has 0 bridgehead atoms. The van der Waals surface area contributed by atoms with E-state index in [4.69, 9.17) is 4.74 Å². The minimum Gasteiger partial charge on any atom is -0.484 e. The number of carbonyl (C=O) groups excluding carboxylic acids is 1. The number of hydrogen-bond acceptors (Lipinski definition) is 3. The van der Waals surface area contributed by atoms with Crippen LogP contribution in [-0.4, -0.2) is 24.2 Å². The lowest BCUT2D eigenvalue weighted by Crippen LogP contribution is -2.32. The average molecular weight is 350 g/mol. The molecule has 5 heteroatoms. The Morgan fingerprint density at radius 3 is 2.67 bits per heavy atom. The summed E-state index contributed by atoms with van der Waals surface area (Å²) in [5, 5.41) is 12.6. The van der Waals surface area contributed by atoms with Crippen LogP contribution >= 0.6 is 15.9 Å². The molecule has 0 radical (unpaired) electrons. The number of benzene rings is 2. The number of nitrogens with one attached hydrogen (secondary N) is 1. The van der Waals surface area contributed by atoms with E-state index in [0.29, 0.717) is 5.75 Å². The summed E-state index contributed by atoms with van der Waals surface area (Å²) in [6.07, 6.45) is -0.721. The Hall–Kier alpha value is -1.85. The van der Waals surface area contributed by atoms with E-state index in [9.17, 15) is 9.90 Å². The van der Waals surface area contributed by atoms with Gasteiger partial charge in [-0.05, 0) is 23.8 Å². The Balaban J connectivity index is 1.75. The van der Waals surface area contributed by atoms with Crippen LogP contribution in [0.5, 0.6) is 5.75 Å². The van der Waals surface area contributed by atoms with Gasteiger partial charge in [0.25, 0.3) is 5.91 Å². The molecule has 0 aliphatic carbocycles. The fourth-order valence-corrected chi connectivity index (χ4v) is 2.14. The van der Waals surface area contributed by atoms with Crippen LogP contribution < -0.4 is 10.1 Å². The third kappa shape index (κ3) is 5.21. The molecule has 4 nitrogen and oxygen atoms in total. The summed E-state index contributed by atoms with van der Waals surface area (Å²) in [6, 6.07) is 16.5. The van der Waals surface area contributed by atoms with Crippen molar-refractivity contribution in [2.24, 2.45) is 0 Å². The number of rotatable bonds is 6. The number of carbonyl (C=O) groups is 1. The fourth-order valence-electron chi connectivity index (χ4n) is 1.76. The van der Waals surface area contributed by atoms with Gasteiger partial charge in [-0.2, -0.15) is 0 Å². The molecule has 2 aromatic carbocycles. The molecule has 2 N–H and O–H groups in total. The van der Waals surface area contributed by atoms with Crippen molar-refractivity contribution in [3.8, 4) is 5.75 Å². The fraction of sp³-hybridized carbons (Fsp3) is 0.188. The number of aliphatic hydroxyl groups excluding tert-OH is 1. The number of amides is 1. The van der Waals surface area contributed by atoms with Gasteiger partial charge in [-0.1, -0.05) is 52.3 Å². The molecule has 0 saturated heterocycles. The van der Waals surface area contributed by atoms with E-state index in [2.05, 4.69) is 21.2 Å². The monoisotopic (exact) mass is 349 g/mol. The standard InChI is InChI=1S/C16H16BrNO3/c17-13-7-4-8-14(9-13)21-11-16(20)18-10-15(19)12-5-2-1-3-6-12/h1-9,15,19H,10-11H2,(H,18,20). The SMILES string of the molecule is O=C(COc1cccc(Br)c1)NCC(O)c1ccccc1.